The summed E-state index contributed by atoms with van der Waals surface area (Å²) in [5.74, 6) is 2.10. The predicted molar refractivity (Wildman–Crippen MR) is 81.5 cm³/mol. The first kappa shape index (κ1) is 14.5. The molecule has 2 N–H and O–H groups in total. The molecule has 0 amide bonds. The summed E-state index contributed by atoms with van der Waals surface area (Å²) in [6, 6.07) is 2.15. The zero-order chi connectivity index (χ0) is 14.8. The van der Waals surface area contributed by atoms with Crippen molar-refractivity contribution >= 4 is 11.6 Å². The standard InChI is InChI=1S/C15H24N4O2/c1-11-4-6-18(8-13(11)21)14-7-15(17-10-16-14)19-5-2-3-12(19)9-20/h7,10-13,20-21H,2-6,8-9H2,1H3. The van der Waals surface area contributed by atoms with Gasteiger partial charge in [-0.15, -0.1) is 0 Å². The van der Waals surface area contributed by atoms with Crippen molar-refractivity contribution in [3.05, 3.63) is 12.4 Å². The van der Waals surface area contributed by atoms with E-state index in [4.69, 9.17) is 0 Å². The van der Waals surface area contributed by atoms with Crippen LogP contribution in [0.2, 0.25) is 0 Å². The van der Waals surface area contributed by atoms with E-state index in [2.05, 4.69) is 26.7 Å². The van der Waals surface area contributed by atoms with Crippen molar-refractivity contribution in [1.29, 1.82) is 0 Å². The summed E-state index contributed by atoms with van der Waals surface area (Å²) in [5, 5.41) is 19.5. The van der Waals surface area contributed by atoms with E-state index in [0.717, 1.165) is 44.0 Å². The van der Waals surface area contributed by atoms with E-state index in [1.54, 1.807) is 6.33 Å². The highest BCUT2D eigenvalue weighted by Gasteiger charge is 2.28. The summed E-state index contributed by atoms with van der Waals surface area (Å²) in [4.78, 5) is 13.0. The Morgan fingerprint density at radius 1 is 1.24 bits per heavy atom. The number of anilines is 2. The van der Waals surface area contributed by atoms with E-state index in [0.29, 0.717) is 12.5 Å². The van der Waals surface area contributed by atoms with Crippen molar-refractivity contribution in [1.82, 2.24) is 9.97 Å². The molecule has 3 rings (SSSR count). The minimum atomic E-state index is -0.297. The van der Waals surface area contributed by atoms with Crippen LogP contribution in [0, 0.1) is 5.92 Å². The van der Waals surface area contributed by atoms with Gasteiger partial charge in [-0.1, -0.05) is 6.92 Å². The van der Waals surface area contributed by atoms with Gasteiger partial charge in [-0.2, -0.15) is 0 Å². The third kappa shape index (κ3) is 2.96. The monoisotopic (exact) mass is 292 g/mol. The Labute approximate surface area is 125 Å². The highest BCUT2D eigenvalue weighted by atomic mass is 16.3. The number of hydrogen-bond donors (Lipinski definition) is 2. The molecule has 0 saturated carbocycles. The Kier molecular flexibility index (Phi) is 4.26. The van der Waals surface area contributed by atoms with Crippen LogP contribution in [0.5, 0.6) is 0 Å². The molecule has 116 valence electrons. The molecule has 2 aliphatic heterocycles. The molecule has 2 fully saturated rings. The molecular formula is C15H24N4O2. The number of nitrogens with zero attached hydrogens (tertiary/aromatic N) is 4. The zero-order valence-corrected chi connectivity index (χ0v) is 12.5. The van der Waals surface area contributed by atoms with Crippen LogP contribution < -0.4 is 9.80 Å². The van der Waals surface area contributed by atoms with Crippen molar-refractivity contribution < 1.29 is 10.2 Å². The third-order valence-electron chi connectivity index (χ3n) is 4.76. The molecule has 3 atom stereocenters. The molecular weight excluding hydrogens is 268 g/mol. The molecule has 6 heteroatoms. The van der Waals surface area contributed by atoms with Crippen LogP contribution in [0.15, 0.2) is 12.4 Å². The molecule has 0 radical (unpaired) electrons. The molecule has 0 spiro atoms. The Hall–Kier alpha value is -1.40. The van der Waals surface area contributed by atoms with Gasteiger partial charge in [-0.05, 0) is 25.2 Å². The zero-order valence-electron chi connectivity index (χ0n) is 12.5. The van der Waals surface area contributed by atoms with Gasteiger partial charge in [0.1, 0.15) is 18.0 Å². The second-order valence-corrected chi connectivity index (χ2v) is 6.19. The van der Waals surface area contributed by atoms with Crippen molar-refractivity contribution in [2.45, 2.75) is 38.3 Å². The maximum atomic E-state index is 10.0. The van der Waals surface area contributed by atoms with Gasteiger partial charge in [0, 0.05) is 25.7 Å². The quantitative estimate of drug-likeness (QED) is 0.852. The van der Waals surface area contributed by atoms with Gasteiger partial charge in [-0.25, -0.2) is 9.97 Å². The Morgan fingerprint density at radius 2 is 2.05 bits per heavy atom. The molecule has 3 heterocycles. The fourth-order valence-electron chi connectivity index (χ4n) is 3.25. The van der Waals surface area contributed by atoms with Crippen molar-refractivity contribution in [3.63, 3.8) is 0 Å². The summed E-state index contributed by atoms with van der Waals surface area (Å²) >= 11 is 0. The first-order chi connectivity index (χ1) is 10.2. The van der Waals surface area contributed by atoms with Crippen molar-refractivity contribution in [3.8, 4) is 0 Å². The smallest absolute Gasteiger partial charge is 0.134 e. The van der Waals surface area contributed by atoms with Crippen LogP contribution >= 0.6 is 0 Å². The lowest BCUT2D eigenvalue weighted by Gasteiger charge is -2.35. The molecule has 0 bridgehead atoms. The van der Waals surface area contributed by atoms with Gasteiger partial charge in [0.25, 0.3) is 0 Å². The van der Waals surface area contributed by atoms with Gasteiger partial charge < -0.3 is 20.0 Å². The van der Waals surface area contributed by atoms with E-state index < -0.39 is 0 Å². The van der Waals surface area contributed by atoms with Crippen molar-refractivity contribution in [2.75, 3.05) is 36.0 Å². The maximum absolute atomic E-state index is 10.0. The highest BCUT2D eigenvalue weighted by molar-refractivity contribution is 5.51. The summed E-state index contributed by atoms with van der Waals surface area (Å²) in [6.45, 7) is 4.73. The minimum Gasteiger partial charge on any atom is -0.394 e. The third-order valence-corrected chi connectivity index (χ3v) is 4.76. The lowest BCUT2D eigenvalue weighted by molar-refractivity contribution is 0.102. The molecule has 2 aliphatic rings. The maximum Gasteiger partial charge on any atom is 0.134 e. The van der Waals surface area contributed by atoms with E-state index >= 15 is 0 Å². The van der Waals surface area contributed by atoms with E-state index in [9.17, 15) is 10.2 Å². The van der Waals surface area contributed by atoms with Gasteiger partial charge >= 0.3 is 0 Å². The first-order valence-electron chi connectivity index (χ1n) is 7.81. The molecule has 1 aromatic heterocycles. The van der Waals surface area contributed by atoms with Crippen LogP contribution in [-0.2, 0) is 0 Å². The largest absolute Gasteiger partial charge is 0.394 e. The number of aliphatic hydroxyl groups is 2. The number of rotatable bonds is 3. The van der Waals surface area contributed by atoms with Crippen LogP contribution in [-0.4, -0.2) is 58.6 Å². The summed E-state index contributed by atoms with van der Waals surface area (Å²) in [7, 11) is 0. The highest BCUT2D eigenvalue weighted by Crippen LogP contribution is 2.27. The average Bonchev–Trinajstić information content (AvgIpc) is 2.99. The molecule has 1 aromatic rings. The van der Waals surface area contributed by atoms with Crippen LogP contribution in [0.3, 0.4) is 0 Å². The SMILES string of the molecule is CC1CCN(c2cc(N3CCCC3CO)ncn2)CC1O. The number of aromatic nitrogens is 2. The van der Waals surface area contributed by atoms with Gasteiger partial charge in [0.15, 0.2) is 0 Å². The molecule has 0 aliphatic carbocycles. The minimum absolute atomic E-state index is 0.166. The second-order valence-electron chi connectivity index (χ2n) is 6.19. The number of hydrogen-bond acceptors (Lipinski definition) is 6. The Bertz CT molecular complexity index is 484. The number of piperidine rings is 1. The molecule has 0 aromatic carbocycles. The van der Waals surface area contributed by atoms with E-state index in [1.165, 1.54) is 0 Å². The predicted octanol–water partition coefficient (Wildman–Crippen LogP) is 0.645. The van der Waals surface area contributed by atoms with Crippen LogP contribution in [0.25, 0.3) is 0 Å². The molecule has 21 heavy (non-hydrogen) atoms. The number of β-amino-alcohol motifs (C(OH)–C–C–N with tert-alkyl or cyclic N) is 1. The topological polar surface area (TPSA) is 72.7 Å². The van der Waals surface area contributed by atoms with Gasteiger partial charge in [0.2, 0.25) is 0 Å². The summed E-state index contributed by atoms with van der Waals surface area (Å²) in [6.07, 6.45) is 4.36. The summed E-state index contributed by atoms with van der Waals surface area (Å²) < 4.78 is 0. The fraction of sp³-hybridized carbons (Fsp3) is 0.733. The fourth-order valence-corrected chi connectivity index (χ4v) is 3.25. The lowest BCUT2D eigenvalue weighted by atomic mass is 9.96. The van der Waals surface area contributed by atoms with E-state index in [1.807, 2.05) is 6.07 Å². The summed E-state index contributed by atoms with van der Waals surface area (Å²) in [5.41, 5.74) is 0. The Balaban J connectivity index is 1.77. The Morgan fingerprint density at radius 3 is 2.81 bits per heavy atom. The normalized spacial score (nSPS) is 30.0. The molecule has 3 unspecified atom stereocenters. The lowest BCUT2D eigenvalue weighted by Crippen LogP contribution is -2.43. The van der Waals surface area contributed by atoms with Crippen molar-refractivity contribution in [2.24, 2.45) is 5.92 Å². The van der Waals surface area contributed by atoms with Gasteiger partial charge in [0.05, 0.1) is 18.8 Å². The van der Waals surface area contributed by atoms with Crippen LogP contribution in [0.4, 0.5) is 11.6 Å². The number of aliphatic hydroxyl groups excluding tert-OH is 2. The molecule has 2 saturated heterocycles. The average molecular weight is 292 g/mol. The first-order valence-corrected chi connectivity index (χ1v) is 7.81. The molecule has 6 nitrogen and oxygen atoms in total. The van der Waals surface area contributed by atoms with Crippen LogP contribution in [0.1, 0.15) is 26.2 Å². The van der Waals surface area contributed by atoms with E-state index in [-0.39, 0.29) is 18.8 Å². The van der Waals surface area contributed by atoms with Gasteiger partial charge in [-0.3, -0.25) is 0 Å². The second kappa shape index (κ2) is 6.15.